The Morgan fingerprint density at radius 3 is 2.12 bits per heavy atom. The minimum atomic E-state index is -0.154. The molecule has 6 heteroatoms. The van der Waals surface area contributed by atoms with Crippen LogP contribution in [0.1, 0.15) is 32.1 Å². The minimum absolute atomic E-state index is 0.0312. The van der Waals surface area contributed by atoms with Gasteiger partial charge in [-0.05, 0) is 43.9 Å². The highest BCUT2D eigenvalue weighted by atomic mass is 16.2. The highest BCUT2D eigenvalue weighted by Crippen LogP contribution is 2.49. The second-order valence-corrected chi connectivity index (χ2v) is 7.45. The number of amides is 4. The zero-order valence-corrected chi connectivity index (χ0v) is 13.9. The van der Waals surface area contributed by atoms with Crippen molar-refractivity contribution in [1.82, 2.24) is 15.1 Å². The second-order valence-electron chi connectivity index (χ2n) is 7.45. The predicted molar refractivity (Wildman–Crippen MR) is 87.9 cm³/mol. The summed E-state index contributed by atoms with van der Waals surface area (Å²) < 4.78 is 0. The Morgan fingerprint density at radius 2 is 1.58 bits per heavy atom. The van der Waals surface area contributed by atoms with E-state index in [1.807, 2.05) is 4.90 Å². The molecule has 4 amide bonds. The van der Waals surface area contributed by atoms with Crippen molar-refractivity contribution in [2.75, 3.05) is 26.2 Å². The van der Waals surface area contributed by atoms with Crippen LogP contribution in [-0.2, 0) is 9.59 Å². The smallest absolute Gasteiger partial charge is 0.317 e. The van der Waals surface area contributed by atoms with Gasteiger partial charge in [-0.15, -0.1) is 0 Å². The summed E-state index contributed by atoms with van der Waals surface area (Å²) in [6.07, 6.45) is 9.57. The number of nitrogens with zero attached hydrogens (tertiary/aromatic N) is 2. The van der Waals surface area contributed by atoms with Crippen molar-refractivity contribution in [3.05, 3.63) is 12.2 Å². The number of allylic oxidation sites excluding steroid dienone is 2. The maximum Gasteiger partial charge on any atom is 0.317 e. The number of piperidine rings is 1. The Kier molecular flexibility index (Phi) is 4.06. The van der Waals surface area contributed by atoms with E-state index in [-0.39, 0.29) is 41.5 Å². The molecule has 0 aromatic rings. The van der Waals surface area contributed by atoms with Crippen molar-refractivity contribution in [2.45, 2.75) is 32.1 Å². The van der Waals surface area contributed by atoms with E-state index in [9.17, 15) is 14.4 Å². The van der Waals surface area contributed by atoms with E-state index >= 15 is 0 Å². The topological polar surface area (TPSA) is 69.7 Å². The molecule has 3 fully saturated rings. The SMILES string of the molecule is O=C(NCCN1C(=O)[C@@H]2[C@H](C1=O)[C@H]1C=C[C@H]2CC1)N1CCCCC1. The molecule has 0 spiro atoms. The normalized spacial score (nSPS) is 34.7. The number of carbonyl (C=O) groups excluding carboxylic acids is 3. The van der Waals surface area contributed by atoms with E-state index in [1.165, 1.54) is 11.3 Å². The molecule has 2 heterocycles. The van der Waals surface area contributed by atoms with Gasteiger partial charge >= 0.3 is 6.03 Å². The van der Waals surface area contributed by atoms with E-state index < -0.39 is 0 Å². The van der Waals surface area contributed by atoms with Crippen LogP contribution in [0.4, 0.5) is 4.79 Å². The summed E-state index contributed by atoms with van der Waals surface area (Å²) in [6.45, 7) is 2.23. The summed E-state index contributed by atoms with van der Waals surface area (Å²) in [5.74, 6) is 0.0828. The highest BCUT2D eigenvalue weighted by molar-refractivity contribution is 6.06. The molecule has 0 radical (unpaired) electrons. The van der Waals surface area contributed by atoms with Gasteiger partial charge in [0, 0.05) is 26.2 Å². The van der Waals surface area contributed by atoms with E-state index in [0.29, 0.717) is 13.1 Å². The molecular weight excluding hydrogens is 306 g/mol. The van der Waals surface area contributed by atoms with Gasteiger partial charge in [-0.3, -0.25) is 14.5 Å². The molecule has 4 atom stereocenters. The molecule has 2 bridgehead atoms. The van der Waals surface area contributed by atoms with Crippen LogP contribution in [0.3, 0.4) is 0 Å². The summed E-state index contributed by atoms with van der Waals surface area (Å²) >= 11 is 0. The Bertz CT molecular complexity index is 550. The van der Waals surface area contributed by atoms with Crippen molar-refractivity contribution in [3.63, 3.8) is 0 Å². The molecule has 0 aromatic heterocycles. The Hall–Kier alpha value is -1.85. The van der Waals surface area contributed by atoms with Crippen molar-refractivity contribution < 1.29 is 14.4 Å². The van der Waals surface area contributed by atoms with Crippen molar-refractivity contribution >= 4 is 17.8 Å². The zero-order chi connectivity index (χ0) is 16.7. The van der Waals surface area contributed by atoms with E-state index in [0.717, 1.165) is 38.8 Å². The average molecular weight is 331 g/mol. The van der Waals surface area contributed by atoms with Gasteiger partial charge in [-0.1, -0.05) is 12.2 Å². The third kappa shape index (κ3) is 2.52. The molecular formula is C18H25N3O3. The first kappa shape index (κ1) is 15.7. The first-order valence-corrected chi connectivity index (χ1v) is 9.23. The van der Waals surface area contributed by atoms with Crippen LogP contribution >= 0.6 is 0 Å². The second kappa shape index (κ2) is 6.22. The first-order valence-electron chi connectivity index (χ1n) is 9.23. The van der Waals surface area contributed by atoms with Crippen LogP contribution in [0.15, 0.2) is 12.2 Å². The molecule has 1 saturated carbocycles. The van der Waals surface area contributed by atoms with Crippen LogP contribution in [0.25, 0.3) is 0 Å². The van der Waals surface area contributed by atoms with Crippen LogP contribution in [0.2, 0.25) is 0 Å². The maximum absolute atomic E-state index is 12.7. The molecule has 3 aliphatic carbocycles. The fourth-order valence-electron chi connectivity index (χ4n) is 4.84. The molecule has 0 aromatic carbocycles. The number of urea groups is 1. The minimum Gasteiger partial charge on any atom is -0.336 e. The van der Waals surface area contributed by atoms with E-state index in [1.54, 1.807) is 0 Å². The lowest BCUT2D eigenvalue weighted by molar-refractivity contribution is -0.140. The Balaban J connectivity index is 1.33. The van der Waals surface area contributed by atoms with Gasteiger partial charge in [0.2, 0.25) is 11.8 Å². The average Bonchev–Trinajstić information content (AvgIpc) is 2.90. The van der Waals surface area contributed by atoms with Gasteiger partial charge in [0.05, 0.1) is 11.8 Å². The zero-order valence-electron chi connectivity index (χ0n) is 13.9. The van der Waals surface area contributed by atoms with Crippen LogP contribution in [0, 0.1) is 23.7 Å². The molecule has 24 heavy (non-hydrogen) atoms. The molecule has 1 N–H and O–H groups in total. The first-order chi connectivity index (χ1) is 11.7. The number of fused-ring (bicyclic) bond motifs is 1. The number of hydrogen-bond donors (Lipinski definition) is 1. The van der Waals surface area contributed by atoms with Crippen LogP contribution in [0.5, 0.6) is 0 Å². The third-order valence-corrected chi connectivity index (χ3v) is 6.11. The van der Waals surface area contributed by atoms with Gasteiger partial charge < -0.3 is 10.2 Å². The van der Waals surface area contributed by atoms with Gasteiger partial charge in [0.25, 0.3) is 0 Å². The number of nitrogens with one attached hydrogen (secondary N) is 1. The van der Waals surface area contributed by atoms with Gasteiger partial charge in [-0.25, -0.2) is 4.79 Å². The fraction of sp³-hybridized carbons (Fsp3) is 0.722. The monoisotopic (exact) mass is 331 g/mol. The lowest BCUT2D eigenvalue weighted by Crippen LogP contribution is -2.46. The molecule has 130 valence electrons. The van der Waals surface area contributed by atoms with Crippen molar-refractivity contribution in [2.24, 2.45) is 23.7 Å². The number of likely N-dealkylation sites (tertiary alicyclic amines) is 2. The summed E-state index contributed by atoms with van der Waals surface area (Å²) in [4.78, 5) is 40.7. The number of imide groups is 1. The van der Waals surface area contributed by atoms with E-state index in [4.69, 9.17) is 0 Å². The third-order valence-electron chi connectivity index (χ3n) is 6.11. The lowest BCUT2D eigenvalue weighted by atomic mass is 9.63. The number of carbonyl (C=O) groups is 3. The van der Waals surface area contributed by atoms with Gasteiger partial charge in [0.15, 0.2) is 0 Å². The summed E-state index contributed by atoms with van der Waals surface area (Å²) in [6, 6.07) is -0.0760. The number of hydrogen-bond acceptors (Lipinski definition) is 3. The van der Waals surface area contributed by atoms with E-state index in [2.05, 4.69) is 17.5 Å². The quantitative estimate of drug-likeness (QED) is 0.627. The van der Waals surface area contributed by atoms with Gasteiger partial charge in [0.1, 0.15) is 0 Å². The molecule has 2 saturated heterocycles. The van der Waals surface area contributed by atoms with Crippen LogP contribution < -0.4 is 5.32 Å². The Labute approximate surface area is 142 Å². The molecule has 5 aliphatic rings. The summed E-state index contributed by atoms with van der Waals surface area (Å²) in [5, 5.41) is 2.87. The summed E-state index contributed by atoms with van der Waals surface area (Å²) in [7, 11) is 0. The molecule has 5 rings (SSSR count). The number of rotatable bonds is 3. The largest absolute Gasteiger partial charge is 0.336 e. The Morgan fingerprint density at radius 1 is 1.00 bits per heavy atom. The highest BCUT2D eigenvalue weighted by Gasteiger charge is 2.56. The lowest BCUT2D eigenvalue weighted by Gasteiger charge is -2.38. The fourth-order valence-corrected chi connectivity index (χ4v) is 4.84. The molecule has 0 unspecified atom stereocenters. The summed E-state index contributed by atoms with van der Waals surface area (Å²) in [5.41, 5.74) is 0. The van der Waals surface area contributed by atoms with Crippen LogP contribution in [-0.4, -0.2) is 53.8 Å². The van der Waals surface area contributed by atoms with Crippen molar-refractivity contribution in [3.8, 4) is 0 Å². The standard InChI is InChI=1S/C18H25N3O3/c22-16-14-12-4-5-13(7-6-12)15(14)17(23)21(16)11-8-19-18(24)20-9-2-1-3-10-20/h4-5,12-15H,1-3,6-11H2,(H,19,24)/t12-,13-,14-,15+/m0/s1. The molecule has 6 nitrogen and oxygen atoms in total. The van der Waals surface area contributed by atoms with Gasteiger partial charge in [-0.2, -0.15) is 0 Å². The molecule has 2 aliphatic heterocycles. The predicted octanol–water partition coefficient (Wildman–Crippen LogP) is 1.38. The maximum atomic E-state index is 12.7. The van der Waals surface area contributed by atoms with Crippen molar-refractivity contribution in [1.29, 1.82) is 0 Å².